The molecule has 0 radical (unpaired) electrons. The first-order valence-electron chi connectivity index (χ1n) is 6.50. The summed E-state index contributed by atoms with van der Waals surface area (Å²) in [6, 6.07) is 0.147. The van der Waals surface area contributed by atoms with E-state index >= 15 is 0 Å². The lowest BCUT2D eigenvalue weighted by atomic mass is 10.2. The van der Waals surface area contributed by atoms with E-state index in [2.05, 4.69) is 17.0 Å². The molecule has 0 fully saturated rings. The normalized spacial score (nSPS) is 14.5. The van der Waals surface area contributed by atoms with Crippen LogP contribution in [0.5, 0.6) is 5.88 Å². The highest BCUT2D eigenvalue weighted by Crippen LogP contribution is 2.28. The molecule has 0 aliphatic rings. The fourth-order valence-electron chi connectivity index (χ4n) is 1.52. The number of aliphatic imine (C=N–C) groups is 1. The van der Waals surface area contributed by atoms with Crippen molar-refractivity contribution in [3.05, 3.63) is 5.69 Å². The summed E-state index contributed by atoms with van der Waals surface area (Å²) in [5.41, 5.74) is 12.6. The van der Waals surface area contributed by atoms with Gasteiger partial charge in [-0.05, 0) is 34.1 Å². The highest BCUT2D eigenvalue weighted by Gasteiger charge is 2.22. The van der Waals surface area contributed by atoms with Gasteiger partial charge in [-0.3, -0.25) is 4.99 Å². The number of nitrogens with two attached hydrogens (primary N) is 2. The zero-order valence-corrected chi connectivity index (χ0v) is 12.7. The van der Waals surface area contributed by atoms with Crippen LogP contribution in [-0.4, -0.2) is 27.3 Å². The molecule has 1 aromatic heterocycles. The number of hydrogen-bond acceptors (Lipinski definition) is 4. The Morgan fingerprint density at radius 3 is 2.53 bits per heavy atom. The number of nitrogens with zero attached hydrogens (tertiary/aromatic N) is 3. The van der Waals surface area contributed by atoms with Crippen molar-refractivity contribution in [1.82, 2.24) is 9.78 Å². The largest absolute Gasteiger partial charge is 0.471 e. The van der Waals surface area contributed by atoms with Crippen molar-refractivity contribution in [1.29, 1.82) is 0 Å². The first-order chi connectivity index (χ1) is 8.65. The Labute approximate surface area is 114 Å². The first kappa shape index (κ1) is 15.3. The second-order valence-electron chi connectivity index (χ2n) is 5.68. The number of amidine groups is 1. The van der Waals surface area contributed by atoms with Crippen LogP contribution in [0.15, 0.2) is 4.99 Å². The van der Waals surface area contributed by atoms with Crippen LogP contribution in [0.1, 0.15) is 46.7 Å². The number of aryl methyl sites for hydroxylation is 1. The van der Waals surface area contributed by atoms with Crippen LogP contribution in [0, 0.1) is 0 Å². The zero-order valence-electron chi connectivity index (χ0n) is 12.7. The molecule has 0 amide bonds. The molecule has 108 valence electrons. The maximum atomic E-state index is 6.06. The maximum absolute atomic E-state index is 6.06. The Balaban J connectivity index is 3.13. The summed E-state index contributed by atoms with van der Waals surface area (Å²) in [6.45, 7) is 9.91. The van der Waals surface area contributed by atoms with Crippen LogP contribution in [0.2, 0.25) is 0 Å². The maximum Gasteiger partial charge on any atom is 0.236 e. The third-order valence-electron chi connectivity index (χ3n) is 2.63. The summed E-state index contributed by atoms with van der Waals surface area (Å²) in [4.78, 5) is 4.36. The number of nitrogen functional groups attached to an aromatic ring is 1. The minimum atomic E-state index is -0.345. The van der Waals surface area contributed by atoms with E-state index < -0.39 is 0 Å². The van der Waals surface area contributed by atoms with Gasteiger partial charge in [0.05, 0.1) is 0 Å². The quantitative estimate of drug-likeness (QED) is 0.641. The first-order valence-corrected chi connectivity index (χ1v) is 6.50. The molecule has 19 heavy (non-hydrogen) atoms. The van der Waals surface area contributed by atoms with Gasteiger partial charge in [0, 0.05) is 13.1 Å². The fraction of sp³-hybridized carbons (Fsp3) is 0.692. The number of hydrogen-bond donors (Lipinski definition) is 2. The van der Waals surface area contributed by atoms with Crippen molar-refractivity contribution in [2.24, 2.45) is 17.8 Å². The van der Waals surface area contributed by atoms with Crippen molar-refractivity contribution >= 4 is 11.5 Å². The van der Waals surface area contributed by atoms with E-state index in [9.17, 15) is 0 Å². The number of rotatable bonds is 4. The minimum Gasteiger partial charge on any atom is -0.471 e. The molecule has 1 aromatic rings. The van der Waals surface area contributed by atoms with Gasteiger partial charge >= 0.3 is 0 Å². The molecule has 0 saturated heterocycles. The van der Waals surface area contributed by atoms with E-state index in [1.165, 1.54) is 0 Å². The Kier molecular flexibility index (Phi) is 4.44. The molecule has 1 unspecified atom stereocenters. The molecule has 0 aliphatic heterocycles. The summed E-state index contributed by atoms with van der Waals surface area (Å²) >= 11 is 0. The monoisotopic (exact) mass is 267 g/mol. The van der Waals surface area contributed by atoms with Crippen LogP contribution in [0.3, 0.4) is 0 Å². The fourth-order valence-corrected chi connectivity index (χ4v) is 1.52. The molecule has 0 bridgehead atoms. The van der Waals surface area contributed by atoms with E-state index in [1.807, 2.05) is 27.7 Å². The molecule has 1 heterocycles. The van der Waals surface area contributed by atoms with Gasteiger partial charge in [-0.25, -0.2) is 4.68 Å². The summed E-state index contributed by atoms with van der Waals surface area (Å²) in [5.74, 6) is 0.871. The highest BCUT2D eigenvalue weighted by atomic mass is 16.5. The van der Waals surface area contributed by atoms with Crippen molar-refractivity contribution in [2.75, 3.05) is 5.73 Å². The van der Waals surface area contributed by atoms with E-state index in [0.29, 0.717) is 23.1 Å². The molecular formula is C13H25N5O. The Bertz CT molecular complexity index is 470. The molecule has 6 nitrogen and oxygen atoms in total. The predicted molar refractivity (Wildman–Crippen MR) is 78.5 cm³/mol. The Hall–Kier alpha value is -1.72. The van der Waals surface area contributed by atoms with Gasteiger partial charge in [-0.2, -0.15) is 5.10 Å². The lowest BCUT2D eigenvalue weighted by Gasteiger charge is -2.21. The average molecular weight is 267 g/mol. The average Bonchev–Trinajstić information content (AvgIpc) is 2.55. The third-order valence-corrected chi connectivity index (χ3v) is 2.63. The number of ether oxygens (including phenoxy) is 1. The molecule has 0 saturated carbocycles. The molecule has 1 atom stereocenters. The topological polar surface area (TPSA) is 91.4 Å². The van der Waals surface area contributed by atoms with Crippen LogP contribution < -0.4 is 16.2 Å². The third kappa shape index (κ3) is 3.87. The van der Waals surface area contributed by atoms with Crippen molar-refractivity contribution in [2.45, 2.75) is 52.7 Å². The van der Waals surface area contributed by atoms with E-state index in [-0.39, 0.29) is 11.6 Å². The smallest absolute Gasteiger partial charge is 0.236 e. The molecular weight excluding hydrogens is 242 g/mol. The number of anilines is 1. The van der Waals surface area contributed by atoms with Gasteiger partial charge < -0.3 is 16.2 Å². The Morgan fingerprint density at radius 2 is 2.05 bits per heavy atom. The molecule has 6 heteroatoms. The summed E-state index contributed by atoms with van der Waals surface area (Å²) < 4.78 is 7.38. The minimum absolute atomic E-state index is 0.147. The summed E-state index contributed by atoms with van der Waals surface area (Å²) in [6.07, 6.45) is 0.915. The van der Waals surface area contributed by atoms with Gasteiger partial charge in [-0.1, -0.05) is 6.92 Å². The lowest BCUT2D eigenvalue weighted by molar-refractivity contribution is 0.118. The predicted octanol–water partition coefficient (Wildman–Crippen LogP) is 1.68. The van der Waals surface area contributed by atoms with Crippen molar-refractivity contribution in [3.63, 3.8) is 0 Å². The van der Waals surface area contributed by atoms with Crippen LogP contribution in [0.4, 0.5) is 5.69 Å². The SMILES string of the molecule is CCC(C)N=C(N)c1nn(C)c(OC(C)(C)C)c1N. The van der Waals surface area contributed by atoms with Crippen molar-refractivity contribution < 1.29 is 4.74 Å². The summed E-state index contributed by atoms with van der Waals surface area (Å²) in [5, 5.41) is 4.29. The second-order valence-corrected chi connectivity index (χ2v) is 5.68. The van der Waals surface area contributed by atoms with E-state index in [1.54, 1.807) is 11.7 Å². The molecule has 1 rings (SSSR count). The van der Waals surface area contributed by atoms with Gasteiger partial charge in [-0.15, -0.1) is 0 Å². The molecule has 4 N–H and O–H groups in total. The van der Waals surface area contributed by atoms with Gasteiger partial charge in [0.2, 0.25) is 5.88 Å². The van der Waals surface area contributed by atoms with E-state index in [0.717, 1.165) is 6.42 Å². The second kappa shape index (κ2) is 5.50. The van der Waals surface area contributed by atoms with Crippen molar-refractivity contribution in [3.8, 4) is 5.88 Å². The molecule has 0 aliphatic carbocycles. The highest BCUT2D eigenvalue weighted by molar-refractivity contribution is 6.01. The Morgan fingerprint density at radius 1 is 1.47 bits per heavy atom. The van der Waals surface area contributed by atoms with Crippen LogP contribution >= 0.6 is 0 Å². The molecule has 0 aromatic carbocycles. The molecule has 0 spiro atoms. The van der Waals surface area contributed by atoms with Gasteiger partial charge in [0.1, 0.15) is 17.1 Å². The van der Waals surface area contributed by atoms with E-state index in [4.69, 9.17) is 16.2 Å². The zero-order chi connectivity index (χ0) is 14.8. The summed E-state index contributed by atoms with van der Waals surface area (Å²) in [7, 11) is 1.78. The standard InChI is InChI=1S/C13H25N5O/c1-7-8(2)16-11(15)10-9(14)12(18(6)17-10)19-13(3,4)5/h8H,7,14H2,1-6H3,(H2,15,16). The van der Waals surface area contributed by atoms with Gasteiger partial charge in [0.25, 0.3) is 0 Å². The van der Waals surface area contributed by atoms with Crippen LogP contribution in [0.25, 0.3) is 0 Å². The van der Waals surface area contributed by atoms with Crippen LogP contribution in [-0.2, 0) is 7.05 Å². The number of aromatic nitrogens is 2. The van der Waals surface area contributed by atoms with Gasteiger partial charge in [0.15, 0.2) is 5.69 Å². The lowest BCUT2D eigenvalue weighted by Crippen LogP contribution is -2.24.